The van der Waals surface area contributed by atoms with Gasteiger partial charge in [-0.3, -0.25) is 4.90 Å². The highest BCUT2D eigenvalue weighted by Crippen LogP contribution is 2.07. The first-order valence-corrected chi connectivity index (χ1v) is 4.64. The van der Waals surface area contributed by atoms with Crippen LogP contribution in [0.25, 0.3) is 0 Å². The molecule has 1 aromatic rings. The Morgan fingerprint density at radius 1 is 1.54 bits per heavy atom. The van der Waals surface area contributed by atoms with Crippen LogP contribution in [-0.2, 0) is 6.54 Å². The largest absolute Gasteiger partial charge is 0.390 e. The van der Waals surface area contributed by atoms with Crippen molar-refractivity contribution in [1.82, 2.24) is 14.5 Å². The molecule has 1 N–H and O–H groups in total. The van der Waals surface area contributed by atoms with Gasteiger partial charge >= 0.3 is 0 Å². The van der Waals surface area contributed by atoms with Crippen LogP contribution in [-0.4, -0.2) is 45.3 Å². The molecule has 4 heteroatoms. The second-order valence-corrected chi connectivity index (χ2v) is 3.58. The lowest BCUT2D eigenvalue weighted by Gasteiger charge is -2.35. The van der Waals surface area contributed by atoms with Crippen LogP contribution in [0.2, 0.25) is 0 Å². The number of likely N-dealkylation sites (tertiary alicyclic amines) is 1. The summed E-state index contributed by atoms with van der Waals surface area (Å²) >= 11 is 0. The van der Waals surface area contributed by atoms with E-state index in [0.717, 1.165) is 32.0 Å². The monoisotopic (exact) mass is 181 g/mol. The van der Waals surface area contributed by atoms with Crippen molar-refractivity contribution in [3.63, 3.8) is 0 Å². The number of aliphatic hydroxyl groups excluding tert-OH is 1. The lowest BCUT2D eigenvalue weighted by atomic mass is 10.2. The number of aryl methyl sites for hydroxylation is 1. The number of nitrogens with zero attached hydrogens (tertiary/aromatic N) is 3. The molecule has 1 saturated heterocycles. The summed E-state index contributed by atoms with van der Waals surface area (Å²) in [6.07, 6.45) is 3.72. The van der Waals surface area contributed by atoms with Crippen LogP contribution >= 0.6 is 0 Å². The van der Waals surface area contributed by atoms with Crippen LogP contribution in [0.5, 0.6) is 0 Å². The minimum absolute atomic E-state index is 0.0936. The molecular weight excluding hydrogens is 166 g/mol. The molecule has 2 heterocycles. The zero-order valence-corrected chi connectivity index (χ0v) is 7.85. The van der Waals surface area contributed by atoms with Crippen molar-refractivity contribution in [2.75, 3.05) is 19.6 Å². The zero-order chi connectivity index (χ0) is 9.26. The van der Waals surface area contributed by atoms with Gasteiger partial charge in [-0.05, 0) is 6.92 Å². The van der Waals surface area contributed by atoms with E-state index in [1.807, 2.05) is 19.3 Å². The fourth-order valence-electron chi connectivity index (χ4n) is 1.61. The van der Waals surface area contributed by atoms with Crippen molar-refractivity contribution in [3.05, 3.63) is 18.2 Å². The van der Waals surface area contributed by atoms with Crippen molar-refractivity contribution in [2.24, 2.45) is 0 Å². The molecule has 72 valence electrons. The van der Waals surface area contributed by atoms with Crippen molar-refractivity contribution in [3.8, 4) is 0 Å². The predicted molar refractivity (Wildman–Crippen MR) is 49.4 cm³/mol. The molecule has 0 aromatic carbocycles. The molecule has 0 unspecified atom stereocenters. The fraction of sp³-hybridized carbons (Fsp3) is 0.667. The Morgan fingerprint density at radius 3 is 2.85 bits per heavy atom. The van der Waals surface area contributed by atoms with E-state index in [9.17, 15) is 0 Å². The summed E-state index contributed by atoms with van der Waals surface area (Å²) in [5.74, 6) is 1.06. The molecule has 1 aliphatic heterocycles. The van der Waals surface area contributed by atoms with E-state index in [1.54, 1.807) is 0 Å². The van der Waals surface area contributed by atoms with Crippen LogP contribution in [0, 0.1) is 6.92 Å². The highest BCUT2D eigenvalue weighted by molar-refractivity contribution is 4.89. The maximum absolute atomic E-state index is 9.07. The Hall–Kier alpha value is -0.870. The molecule has 0 bridgehead atoms. The van der Waals surface area contributed by atoms with Gasteiger partial charge < -0.3 is 9.67 Å². The molecule has 0 spiro atoms. The van der Waals surface area contributed by atoms with Gasteiger partial charge in [-0.1, -0.05) is 0 Å². The molecule has 1 aromatic heterocycles. The fourth-order valence-corrected chi connectivity index (χ4v) is 1.61. The topological polar surface area (TPSA) is 41.3 Å². The smallest absolute Gasteiger partial charge is 0.105 e. The minimum Gasteiger partial charge on any atom is -0.390 e. The number of β-amino-alcohol motifs (C(OH)–C–C–N with tert-alkyl or cyclic N) is 1. The summed E-state index contributed by atoms with van der Waals surface area (Å²) in [5.41, 5.74) is 0. The third kappa shape index (κ3) is 1.89. The van der Waals surface area contributed by atoms with Crippen LogP contribution in [0.3, 0.4) is 0 Å². The molecule has 1 aliphatic rings. The van der Waals surface area contributed by atoms with E-state index in [0.29, 0.717) is 0 Å². The lowest BCUT2D eigenvalue weighted by molar-refractivity contribution is 0.000471. The maximum atomic E-state index is 9.07. The molecule has 1 fully saturated rings. The predicted octanol–water partition coefficient (Wildman–Crippen LogP) is -0.132. The minimum atomic E-state index is -0.0936. The molecule has 2 rings (SSSR count). The number of hydrogen-bond acceptors (Lipinski definition) is 3. The number of hydrogen-bond donors (Lipinski definition) is 1. The number of rotatable bonds is 3. The summed E-state index contributed by atoms with van der Waals surface area (Å²) in [6, 6.07) is 0. The zero-order valence-electron chi connectivity index (χ0n) is 7.85. The molecular formula is C9H15N3O. The van der Waals surface area contributed by atoms with Crippen molar-refractivity contribution >= 4 is 0 Å². The molecule has 0 amide bonds. The van der Waals surface area contributed by atoms with Crippen LogP contribution in [0.15, 0.2) is 12.4 Å². The van der Waals surface area contributed by atoms with Crippen molar-refractivity contribution < 1.29 is 5.11 Å². The SMILES string of the molecule is Cc1nccn1CCN1CC(O)C1. The summed E-state index contributed by atoms with van der Waals surface area (Å²) in [4.78, 5) is 6.39. The lowest BCUT2D eigenvalue weighted by Crippen LogP contribution is -2.51. The van der Waals surface area contributed by atoms with Gasteiger partial charge in [0.25, 0.3) is 0 Å². The Kier molecular flexibility index (Phi) is 2.33. The van der Waals surface area contributed by atoms with Crippen LogP contribution in [0.4, 0.5) is 0 Å². The normalized spacial score (nSPS) is 18.9. The van der Waals surface area contributed by atoms with E-state index < -0.39 is 0 Å². The Labute approximate surface area is 77.8 Å². The van der Waals surface area contributed by atoms with Gasteiger partial charge in [0.15, 0.2) is 0 Å². The number of aliphatic hydroxyl groups is 1. The van der Waals surface area contributed by atoms with Gasteiger partial charge in [-0.15, -0.1) is 0 Å². The maximum Gasteiger partial charge on any atom is 0.105 e. The van der Waals surface area contributed by atoms with Gasteiger partial charge in [0.05, 0.1) is 6.10 Å². The molecule has 13 heavy (non-hydrogen) atoms. The average Bonchev–Trinajstić information content (AvgIpc) is 2.43. The van der Waals surface area contributed by atoms with E-state index in [2.05, 4.69) is 14.5 Å². The number of imidazole rings is 1. The summed E-state index contributed by atoms with van der Waals surface area (Å²) in [6.45, 7) is 5.64. The molecule has 0 aliphatic carbocycles. The summed E-state index contributed by atoms with van der Waals surface area (Å²) in [5, 5.41) is 9.07. The van der Waals surface area contributed by atoms with Crippen molar-refractivity contribution in [2.45, 2.75) is 19.6 Å². The summed E-state index contributed by atoms with van der Waals surface area (Å²) < 4.78 is 2.13. The highest BCUT2D eigenvalue weighted by Gasteiger charge is 2.23. The molecule has 0 radical (unpaired) electrons. The van der Waals surface area contributed by atoms with Crippen LogP contribution < -0.4 is 0 Å². The van der Waals surface area contributed by atoms with Gasteiger partial charge in [-0.2, -0.15) is 0 Å². The van der Waals surface area contributed by atoms with E-state index >= 15 is 0 Å². The Bertz CT molecular complexity index is 278. The highest BCUT2D eigenvalue weighted by atomic mass is 16.3. The molecule has 4 nitrogen and oxygen atoms in total. The Balaban J connectivity index is 1.77. The quantitative estimate of drug-likeness (QED) is 0.706. The van der Waals surface area contributed by atoms with E-state index in [1.165, 1.54) is 0 Å². The first-order chi connectivity index (χ1) is 6.25. The van der Waals surface area contributed by atoms with Gasteiger partial charge in [0, 0.05) is 38.6 Å². The third-order valence-corrected chi connectivity index (χ3v) is 2.52. The van der Waals surface area contributed by atoms with Gasteiger partial charge in [-0.25, -0.2) is 4.98 Å². The summed E-state index contributed by atoms with van der Waals surface area (Å²) in [7, 11) is 0. The standard InChI is InChI=1S/C9H15N3O/c1-8-10-2-3-12(8)5-4-11-6-9(13)7-11/h2-3,9,13H,4-7H2,1H3. The van der Waals surface area contributed by atoms with Crippen molar-refractivity contribution in [1.29, 1.82) is 0 Å². The first-order valence-electron chi connectivity index (χ1n) is 4.64. The molecule has 0 saturated carbocycles. The molecule has 0 atom stereocenters. The van der Waals surface area contributed by atoms with E-state index in [4.69, 9.17) is 5.11 Å². The first kappa shape index (κ1) is 8.72. The average molecular weight is 181 g/mol. The number of aromatic nitrogens is 2. The van der Waals surface area contributed by atoms with Gasteiger partial charge in [0.2, 0.25) is 0 Å². The second kappa shape index (κ2) is 3.47. The Morgan fingerprint density at radius 2 is 2.31 bits per heavy atom. The second-order valence-electron chi connectivity index (χ2n) is 3.58. The van der Waals surface area contributed by atoms with Gasteiger partial charge in [0.1, 0.15) is 5.82 Å². The van der Waals surface area contributed by atoms with Crippen LogP contribution in [0.1, 0.15) is 5.82 Å². The van der Waals surface area contributed by atoms with E-state index in [-0.39, 0.29) is 6.10 Å². The third-order valence-electron chi connectivity index (χ3n) is 2.52.